The first kappa shape index (κ1) is 12.7. The molecule has 1 aromatic carbocycles. The summed E-state index contributed by atoms with van der Waals surface area (Å²) in [4.78, 5) is 18.6. The summed E-state index contributed by atoms with van der Waals surface area (Å²) < 4.78 is 5.13. The van der Waals surface area contributed by atoms with E-state index in [2.05, 4.69) is 15.3 Å². The van der Waals surface area contributed by atoms with Crippen LogP contribution >= 0.6 is 0 Å². The summed E-state index contributed by atoms with van der Waals surface area (Å²) >= 11 is 0. The number of carbonyl (C=O) groups is 1. The summed E-state index contributed by atoms with van der Waals surface area (Å²) in [5.41, 5.74) is 2.69. The molecule has 0 amide bonds. The van der Waals surface area contributed by atoms with E-state index in [1.165, 1.54) is 0 Å². The number of carboxylic acids is 1. The molecule has 6 nitrogen and oxygen atoms in total. The number of aromatic nitrogens is 2. The van der Waals surface area contributed by atoms with Crippen molar-refractivity contribution in [3.05, 3.63) is 47.5 Å². The number of benzene rings is 1. The fourth-order valence-electron chi connectivity index (χ4n) is 2.50. The van der Waals surface area contributed by atoms with E-state index in [1.54, 1.807) is 13.4 Å². The van der Waals surface area contributed by atoms with Gasteiger partial charge in [-0.05, 0) is 17.7 Å². The zero-order chi connectivity index (χ0) is 14.1. The highest BCUT2D eigenvalue weighted by atomic mass is 16.5. The average Bonchev–Trinajstić information content (AvgIpc) is 2.94. The summed E-state index contributed by atoms with van der Waals surface area (Å²) in [6, 6.07) is 6.70. The van der Waals surface area contributed by atoms with Gasteiger partial charge in [-0.25, -0.2) is 4.98 Å². The zero-order valence-electron chi connectivity index (χ0n) is 11.0. The largest absolute Gasteiger partial charge is 0.497 e. The van der Waals surface area contributed by atoms with E-state index in [-0.39, 0.29) is 6.04 Å². The molecule has 0 fully saturated rings. The predicted octanol–water partition coefficient (Wildman–Crippen LogP) is 1.11. The molecule has 1 aliphatic heterocycles. The molecule has 20 heavy (non-hydrogen) atoms. The van der Waals surface area contributed by atoms with Gasteiger partial charge in [-0.15, -0.1) is 0 Å². The number of aromatic amines is 1. The highest BCUT2D eigenvalue weighted by Gasteiger charge is 2.32. The molecular formula is C14H15N3O3. The molecule has 1 aliphatic rings. The molecule has 0 spiro atoms. The molecule has 3 rings (SSSR count). The smallest absolute Gasteiger partial charge is 0.321 e. The van der Waals surface area contributed by atoms with E-state index in [9.17, 15) is 9.90 Å². The second-order valence-corrected chi connectivity index (χ2v) is 4.73. The summed E-state index contributed by atoms with van der Waals surface area (Å²) in [7, 11) is 1.61. The van der Waals surface area contributed by atoms with Crippen LogP contribution in [0.25, 0.3) is 0 Å². The Morgan fingerprint density at radius 3 is 2.80 bits per heavy atom. The van der Waals surface area contributed by atoms with Crippen molar-refractivity contribution in [2.75, 3.05) is 7.11 Å². The van der Waals surface area contributed by atoms with E-state index >= 15 is 0 Å². The standard InChI is InChI=1S/C14H15N3O3/c1-20-9-4-2-8(3-5-9)12-13-10(15-7-16-13)6-11(17-12)14(18)19/h2-5,7,11-12,17H,6H2,1H3,(H,15,16)(H,18,19)/t11-,12-/m0/s1. The molecule has 0 aliphatic carbocycles. The Labute approximate surface area is 115 Å². The number of nitrogens with one attached hydrogen (secondary N) is 2. The highest BCUT2D eigenvalue weighted by Crippen LogP contribution is 2.29. The predicted molar refractivity (Wildman–Crippen MR) is 71.7 cm³/mol. The van der Waals surface area contributed by atoms with Gasteiger partial charge in [-0.3, -0.25) is 10.1 Å². The number of imidazole rings is 1. The second kappa shape index (κ2) is 4.97. The third-order valence-electron chi connectivity index (χ3n) is 3.55. The van der Waals surface area contributed by atoms with Crippen LogP contribution in [-0.4, -0.2) is 34.2 Å². The number of nitrogens with zero attached hydrogens (tertiary/aromatic N) is 1. The van der Waals surface area contributed by atoms with Crippen LogP contribution in [0.15, 0.2) is 30.6 Å². The van der Waals surface area contributed by atoms with Crippen LogP contribution in [0.4, 0.5) is 0 Å². The Morgan fingerprint density at radius 2 is 2.15 bits per heavy atom. The number of hydrogen-bond acceptors (Lipinski definition) is 4. The SMILES string of the molecule is COc1ccc([C@@H]2N[C@H](C(=O)O)Cc3[nH]cnc32)cc1. The molecular weight excluding hydrogens is 258 g/mol. The van der Waals surface area contributed by atoms with Crippen molar-refractivity contribution in [1.29, 1.82) is 0 Å². The lowest BCUT2D eigenvalue weighted by Crippen LogP contribution is -2.45. The van der Waals surface area contributed by atoms with Crippen LogP contribution in [0.2, 0.25) is 0 Å². The summed E-state index contributed by atoms with van der Waals surface area (Å²) in [6.07, 6.45) is 2.02. The Hall–Kier alpha value is -2.34. The van der Waals surface area contributed by atoms with Gasteiger partial charge in [0.2, 0.25) is 0 Å². The minimum absolute atomic E-state index is 0.225. The monoisotopic (exact) mass is 273 g/mol. The number of ether oxygens (including phenoxy) is 1. The lowest BCUT2D eigenvalue weighted by atomic mass is 9.94. The van der Waals surface area contributed by atoms with Crippen LogP contribution in [0.5, 0.6) is 5.75 Å². The highest BCUT2D eigenvalue weighted by molar-refractivity contribution is 5.74. The molecule has 104 valence electrons. The molecule has 3 N–H and O–H groups in total. The normalized spacial score (nSPS) is 21.2. The number of methoxy groups -OCH3 is 1. The molecule has 0 radical (unpaired) electrons. The zero-order valence-corrected chi connectivity index (χ0v) is 11.0. The van der Waals surface area contributed by atoms with E-state index in [0.29, 0.717) is 6.42 Å². The van der Waals surface area contributed by atoms with E-state index in [0.717, 1.165) is 22.7 Å². The van der Waals surface area contributed by atoms with Crippen LogP contribution < -0.4 is 10.1 Å². The summed E-state index contributed by atoms with van der Waals surface area (Å²) in [6.45, 7) is 0. The molecule has 1 aromatic heterocycles. The first-order chi connectivity index (χ1) is 9.69. The van der Waals surface area contributed by atoms with Crippen molar-refractivity contribution in [2.45, 2.75) is 18.5 Å². The Morgan fingerprint density at radius 1 is 1.40 bits per heavy atom. The maximum Gasteiger partial charge on any atom is 0.321 e. The van der Waals surface area contributed by atoms with Gasteiger partial charge in [0.15, 0.2) is 0 Å². The molecule has 0 bridgehead atoms. The maximum atomic E-state index is 11.2. The number of fused-ring (bicyclic) bond motifs is 1. The van der Waals surface area contributed by atoms with Crippen molar-refractivity contribution in [2.24, 2.45) is 0 Å². The number of H-pyrrole nitrogens is 1. The van der Waals surface area contributed by atoms with Gasteiger partial charge in [0.1, 0.15) is 11.8 Å². The lowest BCUT2D eigenvalue weighted by Gasteiger charge is -2.28. The van der Waals surface area contributed by atoms with Gasteiger partial charge in [0.25, 0.3) is 0 Å². The van der Waals surface area contributed by atoms with Crippen molar-refractivity contribution >= 4 is 5.97 Å². The quantitative estimate of drug-likeness (QED) is 0.779. The second-order valence-electron chi connectivity index (χ2n) is 4.73. The Balaban J connectivity index is 1.97. The first-order valence-corrected chi connectivity index (χ1v) is 6.34. The first-order valence-electron chi connectivity index (χ1n) is 6.34. The molecule has 0 saturated carbocycles. The van der Waals surface area contributed by atoms with Gasteiger partial charge in [-0.2, -0.15) is 0 Å². The van der Waals surface area contributed by atoms with Crippen LogP contribution in [-0.2, 0) is 11.2 Å². The number of carboxylic acid groups (broad SMARTS) is 1. The number of rotatable bonds is 3. The van der Waals surface area contributed by atoms with E-state index in [1.807, 2.05) is 24.3 Å². The number of aliphatic carboxylic acids is 1. The fourth-order valence-corrected chi connectivity index (χ4v) is 2.50. The van der Waals surface area contributed by atoms with Crippen molar-refractivity contribution < 1.29 is 14.6 Å². The van der Waals surface area contributed by atoms with Gasteiger partial charge >= 0.3 is 5.97 Å². The summed E-state index contributed by atoms with van der Waals surface area (Å²) in [5.74, 6) is -0.0923. The third-order valence-corrected chi connectivity index (χ3v) is 3.55. The number of hydrogen-bond donors (Lipinski definition) is 3. The lowest BCUT2D eigenvalue weighted by molar-refractivity contribution is -0.139. The molecule has 2 atom stereocenters. The minimum atomic E-state index is -0.858. The molecule has 2 aromatic rings. The van der Waals surface area contributed by atoms with E-state index in [4.69, 9.17) is 4.74 Å². The van der Waals surface area contributed by atoms with Gasteiger partial charge in [0.05, 0.1) is 25.2 Å². The van der Waals surface area contributed by atoms with Gasteiger partial charge in [0, 0.05) is 12.1 Å². The molecule has 6 heteroatoms. The molecule has 2 heterocycles. The molecule has 0 unspecified atom stereocenters. The molecule has 0 saturated heterocycles. The maximum absolute atomic E-state index is 11.2. The van der Waals surface area contributed by atoms with E-state index < -0.39 is 12.0 Å². The van der Waals surface area contributed by atoms with Gasteiger partial charge < -0.3 is 14.8 Å². The van der Waals surface area contributed by atoms with Crippen molar-refractivity contribution in [3.63, 3.8) is 0 Å². The summed E-state index contributed by atoms with van der Waals surface area (Å²) in [5, 5.41) is 12.4. The third kappa shape index (κ3) is 2.14. The minimum Gasteiger partial charge on any atom is -0.497 e. The van der Waals surface area contributed by atoms with Crippen LogP contribution in [0.3, 0.4) is 0 Å². The Kier molecular flexibility index (Phi) is 3.15. The Bertz CT molecular complexity index is 621. The topological polar surface area (TPSA) is 87.2 Å². The van der Waals surface area contributed by atoms with Gasteiger partial charge in [-0.1, -0.05) is 12.1 Å². The van der Waals surface area contributed by atoms with Crippen molar-refractivity contribution in [1.82, 2.24) is 15.3 Å². The fraction of sp³-hybridized carbons (Fsp3) is 0.286. The average molecular weight is 273 g/mol. The van der Waals surface area contributed by atoms with Crippen LogP contribution in [0.1, 0.15) is 23.0 Å². The van der Waals surface area contributed by atoms with Crippen molar-refractivity contribution in [3.8, 4) is 5.75 Å². The van der Waals surface area contributed by atoms with Crippen LogP contribution in [0, 0.1) is 0 Å².